The Morgan fingerprint density at radius 3 is 2.13 bits per heavy atom. The highest BCUT2D eigenvalue weighted by atomic mass is 16.5. The minimum atomic E-state index is -0.333. The third kappa shape index (κ3) is 2.72. The maximum Gasteiger partial charge on any atom is 0.338 e. The van der Waals surface area contributed by atoms with E-state index in [9.17, 15) is 9.90 Å². The number of hydrogen-bond donors (Lipinski definition) is 1. The van der Waals surface area contributed by atoms with Gasteiger partial charge < -0.3 is 9.84 Å². The number of ether oxygens (including phenoxy) is 1. The lowest BCUT2D eigenvalue weighted by Crippen LogP contribution is -2.14. The molecule has 15 heavy (non-hydrogen) atoms. The number of rotatable bonds is 2. The fourth-order valence-electron chi connectivity index (χ4n) is 1.54. The summed E-state index contributed by atoms with van der Waals surface area (Å²) in [4.78, 5) is 11.7. The second-order valence-corrected chi connectivity index (χ2v) is 3.91. The molecule has 0 aliphatic carbocycles. The van der Waals surface area contributed by atoms with Gasteiger partial charge in [-0.15, -0.1) is 0 Å². The first kappa shape index (κ1) is 11.6. The standard InChI is InChI=1S/C12H16O3/c1-7(2)15-12(14)11-8(3)5-10(13)6-9(11)4/h5-7,13H,1-4H3. The molecule has 0 spiro atoms. The minimum absolute atomic E-state index is 0.134. The van der Waals surface area contributed by atoms with Gasteiger partial charge in [-0.2, -0.15) is 0 Å². The van der Waals surface area contributed by atoms with E-state index in [0.717, 1.165) is 11.1 Å². The van der Waals surface area contributed by atoms with E-state index in [0.29, 0.717) is 5.56 Å². The highest BCUT2D eigenvalue weighted by Gasteiger charge is 2.15. The quantitative estimate of drug-likeness (QED) is 0.760. The molecule has 3 heteroatoms. The Kier molecular flexibility index (Phi) is 3.35. The number of benzene rings is 1. The SMILES string of the molecule is Cc1cc(O)cc(C)c1C(=O)OC(C)C. The van der Waals surface area contributed by atoms with Gasteiger partial charge in [-0.1, -0.05) is 0 Å². The van der Waals surface area contributed by atoms with Crippen molar-refractivity contribution < 1.29 is 14.6 Å². The molecule has 0 amide bonds. The monoisotopic (exact) mass is 208 g/mol. The van der Waals surface area contributed by atoms with E-state index in [4.69, 9.17) is 4.74 Å². The normalized spacial score (nSPS) is 10.5. The van der Waals surface area contributed by atoms with Crippen molar-refractivity contribution in [2.24, 2.45) is 0 Å². The number of esters is 1. The first-order valence-corrected chi connectivity index (χ1v) is 4.93. The van der Waals surface area contributed by atoms with E-state index in [1.807, 2.05) is 13.8 Å². The van der Waals surface area contributed by atoms with Crippen LogP contribution in [-0.2, 0) is 4.74 Å². The number of carbonyl (C=O) groups is 1. The Hall–Kier alpha value is -1.51. The highest BCUT2D eigenvalue weighted by molar-refractivity contribution is 5.93. The summed E-state index contributed by atoms with van der Waals surface area (Å²) in [7, 11) is 0. The topological polar surface area (TPSA) is 46.5 Å². The molecule has 0 saturated carbocycles. The first-order chi connectivity index (χ1) is 6.91. The van der Waals surface area contributed by atoms with Crippen molar-refractivity contribution in [2.75, 3.05) is 0 Å². The molecule has 0 radical (unpaired) electrons. The number of aromatic hydroxyl groups is 1. The molecule has 1 N–H and O–H groups in total. The molecule has 0 aliphatic rings. The lowest BCUT2D eigenvalue weighted by atomic mass is 10.0. The fourth-order valence-corrected chi connectivity index (χ4v) is 1.54. The van der Waals surface area contributed by atoms with Crippen molar-refractivity contribution in [3.05, 3.63) is 28.8 Å². The molecule has 0 fully saturated rings. The lowest BCUT2D eigenvalue weighted by Gasteiger charge is -2.12. The second-order valence-electron chi connectivity index (χ2n) is 3.91. The van der Waals surface area contributed by atoms with Crippen LogP contribution in [0.1, 0.15) is 35.3 Å². The van der Waals surface area contributed by atoms with Crippen LogP contribution in [0.15, 0.2) is 12.1 Å². The van der Waals surface area contributed by atoms with Crippen LogP contribution in [0.3, 0.4) is 0 Å². The van der Waals surface area contributed by atoms with Gasteiger partial charge in [0, 0.05) is 0 Å². The summed E-state index contributed by atoms with van der Waals surface area (Å²) in [5.74, 6) is -0.161. The zero-order valence-electron chi connectivity index (χ0n) is 9.50. The molecular formula is C12H16O3. The molecular weight excluding hydrogens is 192 g/mol. The predicted octanol–water partition coefficient (Wildman–Crippen LogP) is 2.57. The number of phenolic OH excluding ortho intramolecular Hbond substituents is 1. The van der Waals surface area contributed by atoms with Crippen LogP contribution in [0.25, 0.3) is 0 Å². The minimum Gasteiger partial charge on any atom is -0.508 e. The van der Waals surface area contributed by atoms with E-state index in [1.165, 1.54) is 0 Å². The molecule has 3 nitrogen and oxygen atoms in total. The molecule has 0 aliphatic heterocycles. The van der Waals surface area contributed by atoms with Crippen LogP contribution in [0.2, 0.25) is 0 Å². The summed E-state index contributed by atoms with van der Waals surface area (Å²) >= 11 is 0. The van der Waals surface area contributed by atoms with E-state index in [-0.39, 0.29) is 17.8 Å². The Morgan fingerprint density at radius 2 is 1.73 bits per heavy atom. The van der Waals surface area contributed by atoms with Gasteiger partial charge in [0.15, 0.2) is 0 Å². The fraction of sp³-hybridized carbons (Fsp3) is 0.417. The Morgan fingerprint density at radius 1 is 1.27 bits per heavy atom. The largest absolute Gasteiger partial charge is 0.508 e. The predicted molar refractivity (Wildman–Crippen MR) is 58.1 cm³/mol. The van der Waals surface area contributed by atoms with Crippen LogP contribution in [-0.4, -0.2) is 17.2 Å². The molecule has 1 rings (SSSR count). The summed E-state index contributed by atoms with van der Waals surface area (Å²) in [6.45, 7) is 7.18. The first-order valence-electron chi connectivity index (χ1n) is 4.93. The smallest absolute Gasteiger partial charge is 0.338 e. The second kappa shape index (κ2) is 4.34. The van der Waals surface area contributed by atoms with E-state index < -0.39 is 0 Å². The summed E-state index contributed by atoms with van der Waals surface area (Å²) < 4.78 is 5.12. The zero-order valence-corrected chi connectivity index (χ0v) is 9.50. The summed E-state index contributed by atoms with van der Waals surface area (Å²) in [5, 5.41) is 9.33. The average molecular weight is 208 g/mol. The van der Waals surface area contributed by atoms with Crippen molar-refractivity contribution in [3.8, 4) is 5.75 Å². The molecule has 0 atom stereocenters. The molecule has 0 bridgehead atoms. The Bertz CT molecular complexity index is 357. The summed E-state index contributed by atoms with van der Waals surface area (Å²) in [6, 6.07) is 3.12. The molecule has 0 heterocycles. The van der Waals surface area contributed by atoms with Gasteiger partial charge in [-0.3, -0.25) is 0 Å². The number of aryl methyl sites for hydroxylation is 2. The zero-order chi connectivity index (χ0) is 11.6. The van der Waals surface area contributed by atoms with Crippen molar-refractivity contribution >= 4 is 5.97 Å². The molecule has 1 aromatic rings. The van der Waals surface area contributed by atoms with E-state index in [2.05, 4.69) is 0 Å². The van der Waals surface area contributed by atoms with Crippen LogP contribution in [0, 0.1) is 13.8 Å². The molecule has 82 valence electrons. The van der Waals surface area contributed by atoms with Crippen molar-refractivity contribution in [1.29, 1.82) is 0 Å². The third-order valence-corrected chi connectivity index (χ3v) is 2.06. The summed E-state index contributed by atoms with van der Waals surface area (Å²) in [6.07, 6.45) is -0.134. The third-order valence-electron chi connectivity index (χ3n) is 2.06. The summed E-state index contributed by atoms with van der Waals surface area (Å²) in [5.41, 5.74) is 2.01. The van der Waals surface area contributed by atoms with Crippen LogP contribution in [0.5, 0.6) is 5.75 Å². The maximum atomic E-state index is 11.7. The van der Waals surface area contributed by atoms with Gasteiger partial charge in [-0.05, 0) is 51.0 Å². The number of hydrogen-bond acceptors (Lipinski definition) is 3. The number of phenols is 1. The Labute approximate surface area is 89.7 Å². The molecule has 0 aromatic heterocycles. The van der Waals surface area contributed by atoms with Crippen molar-refractivity contribution in [3.63, 3.8) is 0 Å². The van der Waals surface area contributed by atoms with Gasteiger partial charge in [-0.25, -0.2) is 4.79 Å². The maximum absolute atomic E-state index is 11.7. The molecule has 0 unspecified atom stereocenters. The number of carbonyl (C=O) groups excluding carboxylic acids is 1. The van der Waals surface area contributed by atoms with Gasteiger partial charge in [0.2, 0.25) is 0 Å². The van der Waals surface area contributed by atoms with Gasteiger partial charge in [0.1, 0.15) is 5.75 Å². The lowest BCUT2D eigenvalue weighted by molar-refractivity contribution is 0.0376. The van der Waals surface area contributed by atoms with Crippen LogP contribution >= 0.6 is 0 Å². The Balaban J connectivity index is 3.09. The van der Waals surface area contributed by atoms with E-state index >= 15 is 0 Å². The van der Waals surface area contributed by atoms with Crippen LogP contribution in [0.4, 0.5) is 0 Å². The van der Waals surface area contributed by atoms with Crippen molar-refractivity contribution in [1.82, 2.24) is 0 Å². The molecule has 1 aromatic carbocycles. The molecule has 0 saturated heterocycles. The van der Waals surface area contributed by atoms with E-state index in [1.54, 1.807) is 26.0 Å². The average Bonchev–Trinajstić information content (AvgIpc) is 1.99. The highest BCUT2D eigenvalue weighted by Crippen LogP contribution is 2.21. The van der Waals surface area contributed by atoms with Gasteiger partial charge in [0.25, 0.3) is 0 Å². The van der Waals surface area contributed by atoms with Crippen LogP contribution < -0.4 is 0 Å². The van der Waals surface area contributed by atoms with Gasteiger partial charge >= 0.3 is 5.97 Å². The van der Waals surface area contributed by atoms with Crippen molar-refractivity contribution in [2.45, 2.75) is 33.8 Å². The van der Waals surface area contributed by atoms with Gasteiger partial charge in [0.05, 0.1) is 11.7 Å².